The predicted molar refractivity (Wildman–Crippen MR) is 46.2 cm³/mol. The zero-order valence-corrected chi connectivity index (χ0v) is 7.16. The monoisotopic (exact) mass is 181 g/mol. The van der Waals surface area contributed by atoms with Crippen molar-refractivity contribution in [2.75, 3.05) is 18.4 Å². The molecule has 2 rings (SSSR count). The van der Waals surface area contributed by atoms with E-state index >= 15 is 0 Å². The van der Waals surface area contributed by atoms with Gasteiger partial charge >= 0.3 is 6.03 Å². The van der Waals surface area contributed by atoms with Crippen LogP contribution >= 0.6 is 0 Å². The standard InChI is InChI=1S/C7H11N5O/c13-7(12-3-1-2-4-12)10-6-8-5-9-11-6/h5H,1-4H2,(H2,8,9,10,11,13). The van der Waals surface area contributed by atoms with Crippen LogP contribution in [0.15, 0.2) is 6.33 Å². The Morgan fingerprint density at radius 1 is 1.54 bits per heavy atom. The second kappa shape index (κ2) is 3.42. The second-order valence-electron chi connectivity index (χ2n) is 2.96. The number of urea groups is 1. The fourth-order valence-electron chi connectivity index (χ4n) is 1.37. The highest BCUT2D eigenvalue weighted by Gasteiger charge is 2.18. The second-order valence-corrected chi connectivity index (χ2v) is 2.96. The number of nitrogens with zero attached hydrogens (tertiary/aromatic N) is 3. The zero-order valence-electron chi connectivity index (χ0n) is 7.16. The molecule has 1 aliphatic heterocycles. The lowest BCUT2D eigenvalue weighted by Crippen LogP contribution is -2.32. The molecule has 1 saturated heterocycles. The van der Waals surface area contributed by atoms with Gasteiger partial charge in [0.2, 0.25) is 5.95 Å². The van der Waals surface area contributed by atoms with Gasteiger partial charge in [-0.05, 0) is 12.8 Å². The summed E-state index contributed by atoms with van der Waals surface area (Å²) in [7, 11) is 0. The van der Waals surface area contributed by atoms with Crippen molar-refractivity contribution in [3.8, 4) is 0 Å². The van der Waals surface area contributed by atoms with Crippen molar-refractivity contribution in [1.29, 1.82) is 0 Å². The smallest absolute Gasteiger partial charge is 0.324 e. The first-order valence-electron chi connectivity index (χ1n) is 4.27. The average Bonchev–Trinajstić information content (AvgIpc) is 2.74. The molecule has 0 bridgehead atoms. The van der Waals surface area contributed by atoms with Gasteiger partial charge in [-0.3, -0.25) is 5.32 Å². The predicted octanol–water partition coefficient (Wildman–Crippen LogP) is 0.432. The van der Waals surface area contributed by atoms with Gasteiger partial charge in [0.05, 0.1) is 0 Å². The van der Waals surface area contributed by atoms with E-state index in [1.165, 1.54) is 6.33 Å². The topological polar surface area (TPSA) is 73.9 Å². The van der Waals surface area contributed by atoms with Gasteiger partial charge in [0.1, 0.15) is 6.33 Å². The molecule has 2 N–H and O–H groups in total. The summed E-state index contributed by atoms with van der Waals surface area (Å²) in [5.74, 6) is 0.400. The lowest BCUT2D eigenvalue weighted by atomic mass is 10.4. The molecule has 1 fully saturated rings. The molecule has 6 heteroatoms. The van der Waals surface area contributed by atoms with E-state index in [4.69, 9.17) is 0 Å². The van der Waals surface area contributed by atoms with Gasteiger partial charge < -0.3 is 4.90 Å². The number of aromatic nitrogens is 3. The minimum absolute atomic E-state index is 0.103. The van der Waals surface area contributed by atoms with E-state index in [-0.39, 0.29) is 6.03 Å². The van der Waals surface area contributed by atoms with Crippen LogP contribution in [-0.4, -0.2) is 39.2 Å². The first-order valence-corrected chi connectivity index (χ1v) is 4.27. The van der Waals surface area contributed by atoms with Crippen molar-refractivity contribution in [3.63, 3.8) is 0 Å². The summed E-state index contributed by atoms with van der Waals surface area (Å²) in [6.07, 6.45) is 3.53. The van der Waals surface area contributed by atoms with Crippen molar-refractivity contribution in [2.45, 2.75) is 12.8 Å². The number of rotatable bonds is 1. The van der Waals surface area contributed by atoms with Crippen LogP contribution in [0.5, 0.6) is 0 Å². The van der Waals surface area contributed by atoms with E-state index < -0.39 is 0 Å². The Kier molecular flexibility index (Phi) is 2.11. The molecule has 1 aromatic heterocycles. The lowest BCUT2D eigenvalue weighted by Gasteiger charge is -2.14. The molecule has 0 radical (unpaired) electrons. The van der Waals surface area contributed by atoms with E-state index in [0.717, 1.165) is 25.9 Å². The van der Waals surface area contributed by atoms with Gasteiger partial charge in [0, 0.05) is 13.1 Å². The van der Waals surface area contributed by atoms with E-state index in [1.54, 1.807) is 4.90 Å². The molecule has 0 unspecified atom stereocenters. The number of hydrogen-bond donors (Lipinski definition) is 2. The van der Waals surface area contributed by atoms with Gasteiger partial charge in [0.25, 0.3) is 0 Å². The molecule has 0 aromatic carbocycles. The summed E-state index contributed by atoms with van der Waals surface area (Å²) in [6, 6.07) is -0.103. The van der Waals surface area contributed by atoms with Crippen molar-refractivity contribution >= 4 is 12.0 Å². The number of aromatic amines is 1. The minimum Gasteiger partial charge on any atom is -0.324 e. The van der Waals surface area contributed by atoms with Crippen LogP contribution in [-0.2, 0) is 0 Å². The van der Waals surface area contributed by atoms with Crippen LogP contribution in [0.4, 0.5) is 10.7 Å². The highest BCUT2D eigenvalue weighted by atomic mass is 16.2. The highest BCUT2D eigenvalue weighted by Crippen LogP contribution is 2.08. The van der Waals surface area contributed by atoms with Crippen LogP contribution in [0.2, 0.25) is 0 Å². The number of likely N-dealkylation sites (tertiary alicyclic amines) is 1. The Hall–Kier alpha value is -1.59. The normalized spacial score (nSPS) is 16.2. The number of nitrogens with one attached hydrogen (secondary N) is 2. The Bertz CT molecular complexity index is 277. The molecule has 6 nitrogen and oxygen atoms in total. The van der Waals surface area contributed by atoms with Crippen LogP contribution in [0.3, 0.4) is 0 Å². The molecule has 70 valence electrons. The Labute approximate surface area is 75.3 Å². The quantitative estimate of drug-likeness (QED) is 0.659. The van der Waals surface area contributed by atoms with E-state index in [1.807, 2.05) is 0 Å². The van der Waals surface area contributed by atoms with Crippen molar-refractivity contribution in [2.24, 2.45) is 0 Å². The maximum atomic E-state index is 11.4. The number of hydrogen-bond acceptors (Lipinski definition) is 3. The molecular formula is C7H11N5O. The molecule has 2 heterocycles. The van der Waals surface area contributed by atoms with E-state index in [9.17, 15) is 4.79 Å². The number of H-pyrrole nitrogens is 1. The van der Waals surface area contributed by atoms with Crippen molar-refractivity contribution in [1.82, 2.24) is 20.1 Å². The number of carbonyl (C=O) groups is 1. The fourth-order valence-corrected chi connectivity index (χ4v) is 1.37. The Morgan fingerprint density at radius 3 is 2.92 bits per heavy atom. The zero-order chi connectivity index (χ0) is 9.10. The van der Waals surface area contributed by atoms with Gasteiger partial charge in [-0.15, -0.1) is 0 Å². The number of carbonyl (C=O) groups excluding carboxylic acids is 1. The van der Waals surface area contributed by atoms with Crippen LogP contribution < -0.4 is 5.32 Å². The average molecular weight is 181 g/mol. The molecule has 0 spiro atoms. The van der Waals surface area contributed by atoms with Gasteiger partial charge in [-0.25, -0.2) is 9.89 Å². The molecular weight excluding hydrogens is 170 g/mol. The highest BCUT2D eigenvalue weighted by molar-refractivity contribution is 5.87. The summed E-state index contributed by atoms with van der Waals surface area (Å²) < 4.78 is 0. The molecule has 1 aliphatic rings. The SMILES string of the molecule is O=C(Nc1ncn[nH]1)N1CCCC1. The summed E-state index contributed by atoms with van der Waals surface area (Å²) in [5, 5.41) is 8.83. The molecule has 2 amide bonds. The molecule has 0 saturated carbocycles. The van der Waals surface area contributed by atoms with E-state index in [2.05, 4.69) is 20.5 Å². The van der Waals surface area contributed by atoms with Crippen LogP contribution in [0.1, 0.15) is 12.8 Å². The summed E-state index contributed by atoms with van der Waals surface area (Å²) in [4.78, 5) is 17.0. The molecule has 1 aromatic rings. The summed E-state index contributed by atoms with van der Waals surface area (Å²) in [5.41, 5.74) is 0. The maximum Gasteiger partial charge on any atom is 0.324 e. The lowest BCUT2D eigenvalue weighted by molar-refractivity contribution is 0.222. The molecule has 13 heavy (non-hydrogen) atoms. The number of anilines is 1. The third-order valence-corrected chi connectivity index (χ3v) is 2.03. The molecule has 0 atom stereocenters. The Morgan fingerprint density at radius 2 is 2.31 bits per heavy atom. The Balaban J connectivity index is 1.91. The van der Waals surface area contributed by atoms with Crippen molar-refractivity contribution in [3.05, 3.63) is 6.33 Å². The van der Waals surface area contributed by atoms with Crippen molar-refractivity contribution < 1.29 is 4.79 Å². The first-order chi connectivity index (χ1) is 6.36. The minimum atomic E-state index is -0.103. The third kappa shape index (κ3) is 1.77. The van der Waals surface area contributed by atoms with Crippen LogP contribution in [0, 0.1) is 0 Å². The largest absolute Gasteiger partial charge is 0.324 e. The van der Waals surface area contributed by atoms with Gasteiger partial charge in [-0.2, -0.15) is 10.1 Å². The van der Waals surface area contributed by atoms with Gasteiger partial charge in [-0.1, -0.05) is 0 Å². The number of amides is 2. The first kappa shape index (κ1) is 8.03. The third-order valence-electron chi connectivity index (χ3n) is 2.03. The summed E-state index contributed by atoms with van der Waals surface area (Å²) >= 11 is 0. The maximum absolute atomic E-state index is 11.4. The fraction of sp³-hybridized carbons (Fsp3) is 0.571. The molecule has 0 aliphatic carbocycles. The van der Waals surface area contributed by atoms with Gasteiger partial charge in [0.15, 0.2) is 0 Å². The summed E-state index contributed by atoms with van der Waals surface area (Å²) in [6.45, 7) is 1.67. The van der Waals surface area contributed by atoms with Crippen LogP contribution in [0.25, 0.3) is 0 Å². The van der Waals surface area contributed by atoms with E-state index in [0.29, 0.717) is 5.95 Å².